The highest BCUT2D eigenvalue weighted by molar-refractivity contribution is 7.12. The SMILES string of the molecule is CC(NC(=O)c1sccc1-c1ccccc1)C1CC1. The normalized spacial score (nSPS) is 16.1. The van der Waals surface area contributed by atoms with Crippen LogP contribution >= 0.6 is 11.3 Å². The number of rotatable bonds is 4. The number of carbonyl (C=O) groups excluding carboxylic acids is 1. The first-order chi connectivity index (χ1) is 9.25. The van der Waals surface area contributed by atoms with E-state index in [1.54, 1.807) is 0 Å². The van der Waals surface area contributed by atoms with Crippen LogP contribution in [0.5, 0.6) is 0 Å². The van der Waals surface area contributed by atoms with Crippen LogP contribution in [0.4, 0.5) is 0 Å². The van der Waals surface area contributed by atoms with Crippen molar-refractivity contribution in [3.8, 4) is 11.1 Å². The van der Waals surface area contributed by atoms with Gasteiger partial charge in [0.2, 0.25) is 0 Å². The van der Waals surface area contributed by atoms with E-state index in [1.807, 2.05) is 41.8 Å². The molecule has 0 bridgehead atoms. The Morgan fingerprint density at radius 1 is 1.26 bits per heavy atom. The summed E-state index contributed by atoms with van der Waals surface area (Å²) in [6.45, 7) is 2.10. The molecule has 0 aliphatic heterocycles. The van der Waals surface area contributed by atoms with Gasteiger partial charge >= 0.3 is 0 Å². The highest BCUT2D eigenvalue weighted by Crippen LogP contribution is 2.33. The van der Waals surface area contributed by atoms with E-state index in [0.717, 1.165) is 16.0 Å². The van der Waals surface area contributed by atoms with Crippen LogP contribution in [0, 0.1) is 5.92 Å². The van der Waals surface area contributed by atoms with E-state index in [0.29, 0.717) is 12.0 Å². The lowest BCUT2D eigenvalue weighted by molar-refractivity contribution is 0.0940. The second kappa shape index (κ2) is 5.17. The van der Waals surface area contributed by atoms with Crippen molar-refractivity contribution in [3.05, 3.63) is 46.7 Å². The van der Waals surface area contributed by atoms with Gasteiger partial charge in [0.15, 0.2) is 0 Å². The van der Waals surface area contributed by atoms with Crippen molar-refractivity contribution < 1.29 is 4.79 Å². The Balaban J connectivity index is 1.81. The average molecular weight is 271 g/mol. The zero-order chi connectivity index (χ0) is 13.2. The molecular formula is C16H17NOS. The van der Waals surface area contributed by atoms with Crippen molar-refractivity contribution in [1.82, 2.24) is 5.32 Å². The van der Waals surface area contributed by atoms with Gasteiger partial charge in [-0.25, -0.2) is 0 Å². The number of thiophene rings is 1. The van der Waals surface area contributed by atoms with E-state index in [1.165, 1.54) is 24.2 Å². The molecule has 1 aromatic heterocycles. The standard InChI is InChI=1S/C16H17NOS/c1-11(12-7-8-12)17-16(18)15-14(9-10-19-15)13-5-3-2-4-6-13/h2-6,9-12H,7-8H2,1H3,(H,17,18). The molecule has 0 radical (unpaired) electrons. The first-order valence-corrected chi connectivity index (χ1v) is 7.57. The summed E-state index contributed by atoms with van der Waals surface area (Å²) in [5, 5.41) is 5.11. The van der Waals surface area contributed by atoms with Crippen molar-refractivity contribution in [3.63, 3.8) is 0 Å². The summed E-state index contributed by atoms with van der Waals surface area (Å²) in [7, 11) is 0. The lowest BCUT2D eigenvalue weighted by Gasteiger charge is -2.12. The first kappa shape index (κ1) is 12.4. The number of amides is 1. The van der Waals surface area contributed by atoms with Gasteiger partial charge in [0, 0.05) is 11.6 Å². The molecule has 1 N–H and O–H groups in total. The van der Waals surface area contributed by atoms with Gasteiger partial charge in [-0.1, -0.05) is 30.3 Å². The Labute approximate surface area is 117 Å². The largest absolute Gasteiger partial charge is 0.349 e. The molecule has 2 nitrogen and oxygen atoms in total. The summed E-state index contributed by atoms with van der Waals surface area (Å²) < 4.78 is 0. The molecule has 0 saturated heterocycles. The zero-order valence-corrected chi connectivity index (χ0v) is 11.7. The minimum atomic E-state index is 0.0632. The first-order valence-electron chi connectivity index (χ1n) is 6.69. The number of hydrogen-bond acceptors (Lipinski definition) is 2. The topological polar surface area (TPSA) is 29.1 Å². The van der Waals surface area contributed by atoms with Crippen molar-refractivity contribution in [2.45, 2.75) is 25.8 Å². The van der Waals surface area contributed by atoms with Crippen molar-refractivity contribution in [1.29, 1.82) is 0 Å². The Bertz CT molecular complexity index is 571. The van der Waals surface area contributed by atoms with Gasteiger partial charge in [0.25, 0.3) is 5.91 Å². The van der Waals surface area contributed by atoms with Gasteiger partial charge in [0.1, 0.15) is 0 Å². The van der Waals surface area contributed by atoms with Crippen LogP contribution in [0.3, 0.4) is 0 Å². The Hall–Kier alpha value is -1.61. The van der Waals surface area contributed by atoms with E-state index in [2.05, 4.69) is 12.2 Å². The molecule has 1 saturated carbocycles. The molecule has 1 aliphatic rings. The molecule has 3 rings (SSSR count). The molecular weight excluding hydrogens is 254 g/mol. The van der Waals surface area contributed by atoms with E-state index in [4.69, 9.17) is 0 Å². The molecule has 2 aromatic rings. The molecule has 1 amide bonds. The summed E-state index contributed by atoms with van der Waals surface area (Å²) in [6.07, 6.45) is 2.49. The molecule has 1 fully saturated rings. The Kier molecular flexibility index (Phi) is 3.38. The van der Waals surface area contributed by atoms with Crippen LogP contribution in [0.1, 0.15) is 29.4 Å². The van der Waals surface area contributed by atoms with Crippen LogP contribution in [0.15, 0.2) is 41.8 Å². The van der Waals surface area contributed by atoms with Crippen LogP contribution in [-0.2, 0) is 0 Å². The maximum Gasteiger partial charge on any atom is 0.262 e. The van der Waals surface area contributed by atoms with Crippen molar-refractivity contribution in [2.75, 3.05) is 0 Å². The van der Waals surface area contributed by atoms with Crippen molar-refractivity contribution in [2.24, 2.45) is 5.92 Å². The fourth-order valence-electron chi connectivity index (χ4n) is 2.32. The second-order valence-electron chi connectivity index (χ2n) is 5.13. The molecule has 3 heteroatoms. The van der Waals surface area contributed by atoms with Gasteiger partial charge in [-0.2, -0.15) is 0 Å². The molecule has 1 heterocycles. The predicted molar refractivity (Wildman–Crippen MR) is 79.4 cm³/mol. The molecule has 19 heavy (non-hydrogen) atoms. The lowest BCUT2D eigenvalue weighted by atomic mass is 10.1. The Morgan fingerprint density at radius 2 is 2.00 bits per heavy atom. The average Bonchev–Trinajstić information content (AvgIpc) is 3.17. The fraction of sp³-hybridized carbons (Fsp3) is 0.312. The third kappa shape index (κ3) is 2.71. The van der Waals surface area contributed by atoms with Gasteiger partial charge in [-0.3, -0.25) is 4.79 Å². The van der Waals surface area contributed by atoms with Gasteiger partial charge in [-0.15, -0.1) is 11.3 Å². The van der Waals surface area contributed by atoms with Crippen LogP contribution in [0.25, 0.3) is 11.1 Å². The summed E-state index contributed by atoms with van der Waals surface area (Å²) in [4.78, 5) is 13.2. The zero-order valence-electron chi connectivity index (χ0n) is 10.9. The highest BCUT2D eigenvalue weighted by atomic mass is 32.1. The lowest BCUT2D eigenvalue weighted by Crippen LogP contribution is -2.33. The quantitative estimate of drug-likeness (QED) is 0.896. The highest BCUT2D eigenvalue weighted by Gasteiger charge is 2.29. The minimum Gasteiger partial charge on any atom is -0.349 e. The van der Waals surface area contributed by atoms with Crippen LogP contribution in [0.2, 0.25) is 0 Å². The van der Waals surface area contributed by atoms with Crippen molar-refractivity contribution >= 4 is 17.2 Å². The fourth-order valence-corrected chi connectivity index (χ4v) is 3.14. The molecule has 1 aliphatic carbocycles. The van der Waals surface area contributed by atoms with Gasteiger partial charge in [-0.05, 0) is 42.7 Å². The molecule has 98 valence electrons. The molecule has 1 unspecified atom stereocenters. The third-order valence-corrected chi connectivity index (χ3v) is 4.56. The predicted octanol–water partition coefficient (Wildman–Crippen LogP) is 3.94. The summed E-state index contributed by atoms with van der Waals surface area (Å²) >= 11 is 1.51. The number of hydrogen-bond donors (Lipinski definition) is 1. The number of benzene rings is 1. The summed E-state index contributed by atoms with van der Waals surface area (Å²) in [5.41, 5.74) is 2.14. The smallest absolute Gasteiger partial charge is 0.262 e. The maximum atomic E-state index is 12.3. The molecule has 0 spiro atoms. The number of carbonyl (C=O) groups is 1. The summed E-state index contributed by atoms with van der Waals surface area (Å²) in [5.74, 6) is 0.748. The van der Waals surface area contributed by atoms with Gasteiger partial charge in [0.05, 0.1) is 4.88 Å². The molecule has 1 aromatic carbocycles. The summed E-state index contributed by atoms with van der Waals surface area (Å²) in [6, 6.07) is 12.4. The Morgan fingerprint density at radius 3 is 2.68 bits per heavy atom. The maximum absolute atomic E-state index is 12.3. The van der Waals surface area contributed by atoms with Gasteiger partial charge < -0.3 is 5.32 Å². The van der Waals surface area contributed by atoms with Crippen LogP contribution < -0.4 is 5.32 Å². The van der Waals surface area contributed by atoms with E-state index in [-0.39, 0.29) is 5.91 Å². The van der Waals surface area contributed by atoms with E-state index in [9.17, 15) is 4.79 Å². The monoisotopic (exact) mass is 271 g/mol. The minimum absolute atomic E-state index is 0.0632. The third-order valence-electron chi connectivity index (χ3n) is 3.64. The van der Waals surface area contributed by atoms with E-state index < -0.39 is 0 Å². The second-order valence-corrected chi connectivity index (χ2v) is 6.05. The number of nitrogens with one attached hydrogen (secondary N) is 1. The van der Waals surface area contributed by atoms with Crippen LogP contribution in [-0.4, -0.2) is 11.9 Å². The van der Waals surface area contributed by atoms with E-state index >= 15 is 0 Å². The molecule has 1 atom stereocenters.